The summed E-state index contributed by atoms with van der Waals surface area (Å²) in [6.07, 6.45) is 2.32. The molecule has 4 amide bonds. The van der Waals surface area contributed by atoms with Crippen LogP contribution < -0.4 is 10.6 Å². The molecule has 1 aromatic rings. The number of carbonyl (C=O) groups excluding carboxylic acids is 3. The lowest BCUT2D eigenvalue weighted by Crippen LogP contribution is -2.51. The Morgan fingerprint density at radius 2 is 1.88 bits per heavy atom. The zero-order valence-electron chi connectivity index (χ0n) is 13.0. The smallest absolute Gasteiger partial charge is 0.325 e. The van der Waals surface area contributed by atoms with Gasteiger partial charge in [-0.15, -0.1) is 0 Å². The van der Waals surface area contributed by atoms with Gasteiger partial charge in [0.2, 0.25) is 5.91 Å². The second-order valence-corrected chi connectivity index (χ2v) is 6.24. The summed E-state index contributed by atoms with van der Waals surface area (Å²) in [5.41, 5.74) is 2.57. The van der Waals surface area contributed by atoms with Crippen LogP contribution >= 0.6 is 11.6 Å². The van der Waals surface area contributed by atoms with Crippen molar-refractivity contribution in [3.05, 3.63) is 47.0 Å². The maximum absolute atomic E-state index is 12.5. The SMILES string of the molecule is O=C(NC(=O)N1CC(=CCl)C[C@H]1C(=O)NC1CC1)c1ccccc1. The number of hydrogen-bond donors (Lipinski definition) is 2. The molecule has 7 heteroatoms. The summed E-state index contributed by atoms with van der Waals surface area (Å²) in [6.45, 7) is 0.236. The van der Waals surface area contributed by atoms with Gasteiger partial charge in [0.05, 0.1) is 0 Å². The monoisotopic (exact) mass is 347 g/mol. The van der Waals surface area contributed by atoms with E-state index in [1.807, 2.05) is 0 Å². The molecule has 1 heterocycles. The van der Waals surface area contributed by atoms with Crippen molar-refractivity contribution < 1.29 is 14.4 Å². The summed E-state index contributed by atoms with van der Waals surface area (Å²) < 4.78 is 0. The van der Waals surface area contributed by atoms with Crippen molar-refractivity contribution in [1.82, 2.24) is 15.5 Å². The number of rotatable bonds is 3. The molecule has 126 valence electrons. The van der Waals surface area contributed by atoms with Crippen LogP contribution in [0.15, 0.2) is 41.4 Å². The molecule has 0 bridgehead atoms. The van der Waals surface area contributed by atoms with E-state index in [-0.39, 0.29) is 18.5 Å². The lowest BCUT2D eigenvalue weighted by Gasteiger charge is -2.23. The highest BCUT2D eigenvalue weighted by atomic mass is 35.5. The molecule has 0 radical (unpaired) electrons. The highest BCUT2D eigenvalue weighted by Gasteiger charge is 2.39. The third kappa shape index (κ3) is 3.76. The van der Waals surface area contributed by atoms with E-state index in [0.29, 0.717) is 12.0 Å². The fourth-order valence-electron chi connectivity index (χ4n) is 2.63. The average Bonchev–Trinajstić information content (AvgIpc) is 3.29. The summed E-state index contributed by atoms with van der Waals surface area (Å²) in [6, 6.07) is 7.44. The number of hydrogen-bond acceptors (Lipinski definition) is 3. The third-order valence-corrected chi connectivity index (χ3v) is 4.41. The van der Waals surface area contributed by atoms with E-state index in [0.717, 1.165) is 18.4 Å². The number of nitrogens with zero attached hydrogens (tertiary/aromatic N) is 1. The summed E-state index contributed by atoms with van der Waals surface area (Å²) in [5.74, 6) is -0.696. The minimum Gasteiger partial charge on any atom is -0.352 e. The minimum atomic E-state index is -0.640. The number of urea groups is 1. The molecule has 2 fully saturated rings. The highest BCUT2D eigenvalue weighted by Crippen LogP contribution is 2.25. The first kappa shape index (κ1) is 16.5. The molecule has 1 saturated heterocycles. The normalized spacial score (nSPS) is 21.6. The number of amides is 4. The number of benzene rings is 1. The van der Waals surface area contributed by atoms with Crippen LogP contribution in [0.5, 0.6) is 0 Å². The molecular weight excluding hydrogens is 330 g/mol. The minimum absolute atomic E-state index is 0.201. The van der Waals surface area contributed by atoms with E-state index in [1.165, 1.54) is 10.4 Å². The summed E-state index contributed by atoms with van der Waals surface area (Å²) >= 11 is 5.75. The fraction of sp³-hybridized carbons (Fsp3) is 0.353. The van der Waals surface area contributed by atoms with E-state index in [9.17, 15) is 14.4 Å². The van der Waals surface area contributed by atoms with Crippen LogP contribution in [0.4, 0.5) is 4.79 Å². The van der Waals surface area contributed by atoms with Gasteiger partial charge in [-0.05, 0) is 30.5 Å². The highest BCUT2D eigenvalue weighted by molar-refractivity contribution is 6.25. The van der Waals surface area contributed by atoms with Gasteiger partial charge in [0.1, 0.15) is 6.04 Å². The zero-order valence-corrected chi connectivity index (χ0v) is 13.8. The molecule has 1 saturated carbocycles. The zero-order chi connectivity index (χ0) is 17.1. The Kier molecular flexibility index (Phi) is 4.85. The fourth-order valence-corrected chi connectivity index (χ4v) is 2.79. The number of halogens is 1. The third-order valence-electron chi connectivity index (χ3n) is 4.10. The van der Waals surface area contributed by atoms with Crippen molar-refractivity contribution in [2.45, 2.75) is 31.3 Å². The van der Waals surface area contributed by atoms with Crippen LogP contribution in [-0.2, 0) is 4.79 Å². The van der Waals surface area contributed by atoms with Crippen LogP contribution in [0.2, 0.25) is 0 Å². The molecule has 0 aromatic heterocycles. The first-order valence-electron chi connectivity index (χ1n) is 7.84. The first-order valence-corrected chi connectivity index (χ1v) is 8.27. The maximum atomic E-state index is 12.5. The Bertz CT molecular complexity index is 686. The van der Waals surface area contributed by atoms with Crippen molar-refractivity contribution >= 4 is 29.4 Å². The Balaban J connectivity index is 1.68. The number of carbonyl (C=O) groups is 3. The van der Waals surface area contributed by atoms with Crippen LogP contribution in [-0.4, -0.2) is 41.4 Å². The summed E-state index contributed by atoms with van der Waals surface area (Å²) in [7, 11) is 0. The van der Waals surface area contributed by atoms with Crippen molar-refractivity contribution in [3.8, 4) is 0 Å². The summed E-state index contributed by atoms with van der Waals surface area (Å²) in [4.78, 5) is 38.3. The van der Waals surface area contributed by atoms with E-state index >= 15 is 0 Å². The Labute approximate surface area is 144 Å². The molecule has 0 unspecified atom stereocenters. The molecule has 0 spiro atoms. The predicted octanol–water partition coefficient (Wildman–Crippen LogP) is 2.01. The van der Waals surface area contributed by atoms with Gasteiger partial charge >= 0.3 is 6.03 Å². The lowest BCUT2D eigenvalue weighted by atomic mass is 10.1. The van der Waals surface area contributed by atoms with Crippen LogP contribution in [0.3, 0.4) is 0 Å². The second kappa shape index (κ2) is 7.05. The molecular formula is C17H18ClN3O3. The van der Waals surface area contributed by atoms with Gasteiger partial charge in [-0.3, -0.25) is 14.9 Å². The van der Waals surface area contributed by atoms with Gasteiger partial charge in [0.25, 0.3) is 5.91 Å². The van der Waals surface area contributed by atoms with Crippen LogP contribution in [0.1, 0.15) is 29.6 Å². The molecule has 3 rings (SSSR count). The molecule has 2 N–H and O–H groups in total. The van der Waals surface area contributed by atoms with Gasteiger partial charge < -0.3 is 10.2 Å². The van der Waals surface area contributed by atoms with Crippen molar-refractivity contribution in [1.29, 1.82) is 0 Å². The van der Waals surface area contributed by atoms with E-state index in [4.69, 9.17) is 11.6 Å². The number of nitrogens with one attached hydrogen (secondary N) is 2. The van der Waals surface area contributed by atoms with Gasteiger partial charge in [-0.25, -0.2) is 4.79 Å². The van der Waals surface area contributed by atoms with Crippen LogP contribution in [0.25, 0.3) is 0 Å². The van der Waals surface area contributed by atoms with Crippen molar-refractivity contribution in [2.75, 3.05) is 6.54 Å². The van der Waals surface area contributed by atoms with E-state index in [1.54, 1.807) is 30.3 Å². The molecule has 6 nitrogen and oxygen atoms in total. The standard InChI is InChI=1S/C17H18ClN3O3/c18-9-11-8-14(16(23)19-13-6-7-13)21(10-11)17(24)20-15(22)12-4-2-1-3-5-12/h1-5,9,13-14H,6-8,10H2,(H,19,23)(H,20,22,24)/t14-/m0/s1. The Morgan fingerprint density at radius 1 is 1.17 bits per heavy atom. The largest absolute Gasteiger partial charge is 0.352 e. The second-order valence-electron chi connectivity index (χ2n) is 6.02. The lowest BCUT2D eigenvalue weighted by molar-refractivity contribution is -0.124. The van der Waals surface area contributed by atoms with Gasteiger partial charge in [-0.2, -0.15) is 0 Å². The summed E-state index contributed by atoms with van der Waals surface area (Å²) in [5, 5.41) is 5.23. The average molecular weight is 348 g/mol. The van der Waals surface area contributed by atoms with E-state index < -0.39 is 18.0 Å². The Morgan fingerprint density at radius 3 is 2.50 bits per heavy atom. The molecule has 1 aromatic carbocycles. The molecule has 2 aliphatic rings. The van der Waals surface area contributed by atoms with Crippen molar-refractivity contribution in [2.24, 2.45) is 0 Å². The quantitative estimate of drug-likeness (QED) is 0.878. The van der Waals surface area contributed by atoms with Crippen molar-refractivity contribution in [3.63, 3.8) is 0 Å². The predicted molar refractivity (Wildman–Crippen MR) is 89.5 cm³/mol. The van der Waals surface area contributed by atoms with Crippen LogP contribution in [0, 0.1) is 0 Å². The molecule has 1 aliphatic heterocycles. The van der Waals surface area contributed by atoms with E-state index in [2.05, 4.69) is 10.6 Å². The number of likely N-dealkylation sites (tertiary alicyclic amines) is 1. The topological polar surface area (TPSA) is 78.5 Å². The van der Waals surface area contributed by atoms with Gasteiger partial charge in [0.15, 0.2) is 0 Å². The first-order chi connectivity index (χ1) is 11.6. The molecule has 24 heavy (non-hydrogen) atoms. The van der Waals surface area contributed by atoms with Gasteiger partial charge in [-0.1, -0.05) is 29.8 Å². The number of imide groups is 1. The maximum Gasteiger partial charge on any atom is 0.325 e. The Hall–Kier alpha value is -2.34. The molecule has 1 aliphatic carbocycles. The van der Waals surface area contributed by atoms with Gasteiger partial charge in [0, 0.05) is 30.1 Å². The molecule has 1 atom stereocenters.